The van der Waals surface area contributed by atoms with Crippen molar-refractivity contribution in [2.45, 2.75) is 70.7 Å². The molecule has 0 amide bonds. The summed E-state index contributed by atoms with van der Waals surface area (Å²) in [5.41, 5.74) is 0. The molecule has 2 fully saturated rings. The quantitative estimate of drug-likeness (QED) is 0.707. The first-order valence-corrected chi connectivity index (χ1v) is 7.51. The van der Waals surface area contributed by atoms with Crippen molar-refractivity contribution in [1.82, 2.24) is 0 Å². The number of hydrogen-bond acceptors (Lipinski definition) is 3. The molecule has 0 bridgehead atoms. The van der Waals surface area contributed by atoms with Gasteiger partial charge in [0.2, 0.25) is 0 Å². The highest BCUT2D eigenvalue weighted by molar-refractivity contribution is 4.86. The van der Waals surface area contributed by atoms with Crippen molar-refractivity contribution in [3.05, 3.63) is 0 Å². The molecule has 0 aliphatic heterocycles. The first-order valence-electron chi connectivity index (χ1n) is 7.51. The van der Waals surface area contributed by atoms with Gasteiger partial charge < -0.3 is 15.3 Å². The van der Waals surface area contributed by atoms with E-state index in [1.54, 1.807) is 0 Å². The first-order chi connectivity index (χ1) is 8.47. The third kappa shape index (κ3) is 3.25. The van der Waals surface area contributed by atoms with Gasteiger partial charge >= 0.3 is 0 Å². The molecule has 3 nitrogen and oxygen atoms in total. The lowest BCUT2D eigenvalue weighted by atomic mass is 9.69. The highest BCUT2D eigenvalue weighted by Gasteiger charge is 2.35. The molecule has 3 heteroatoms. The van der Waals surface area contributed by atoms with Crippen molar-refractivity contribution >= 4 is 0 Å². The van der Waals surface area contributed by atoms with Crippen LogP contribution in [0, 0.1) is 23.7 Å². The second-order valence-electron chi connectivity index (χ2n) is 6.81. The fourth-order valence-corrected chi connectivity index (χ4v) is 4.07. The number of hydrogen-bond donors (Lipinski definition) is 3. The van der Waals surface area contributed by atoms with Crippen LogP contribution in [0.2, 0.25) is 0 Å². The van der Waals surface area contributed by atoms with Crippen molar-refractivity contribution in [2.75, 3.05) is 0 Å². The average Bonchev–Trinajstić information content (AvgIpc) is 2.29. The summed E-state index contributed by atoms with van der Waals surface area (Å²) in [6.45, 7) is 4.27. The van der Waals surface area contributed by atoms with E-state index < -0.39 is 0 Å². The van der Waals surface area contributed by atoms with E-state index in [4.69, 9.17) is 0 Å². The smallest absolute Gasteiger partial charge is 0.0593 e. The van der Waals surface area contributed by atoms with E-state index in [-0.39, 0.29) is 18.3 Å². The van der Waals surface area contributed by atoms with Gasteiger partial charge in [-0.05, 0) is 62.2 Å². The summed E-state index contributed by atoms with van der Waals surface area (Å²) in [5, 5.41) is 29.5. The van der Waals surface area contributed by atoms with Crippen LogP contribution in [-0.2, 0) is 0 Å². The Kier molecular flexibility index (Phi) is 4.68. The Morgan fingerprint density at radius 1 is 0.889 bits per heavy atom. The second kappa shape index (κ2) is 5.89. The van der Waals surface area contributed by atoms with Crippen LogP contribution >= 0.6 is 0 Å². The molecule has 0 heterocycles. The lowest BCUT2D eigenvalue weighted by Gasteiger charge is -2.39. The number of aliphatic hydroxyl groups is 3. The van der Waals surface area contributed by atoms with Gasteiger partial charge in [-0.15, -0.1) is 0 Å². The number of aliphatic hydroxyl groups excluding tert-OH is 3. The molecule has 106 valence electrons. The van der Waals surface area contributed by atoms with E-state index in [9.17, 15) is 15.3 Å². The minimum atomic E-state index is -0.328. The summed E-state index contributed by atoms with van der Waals surface area (Å²) in [4.78, 5) is 0. The Morgan fingerprint density at radius 3 is 2.06 bits per heavy atom. The predicted octanol–water partition coefficient (Wildman–Crippen LogP) is 1.94. The summed E-state index contributed by atoms with van der Waals surface area (Å²) in [6, 6.07) is 0. The van der Waals surface area contributed by atoms with Gasteiger partial charge in [0.15, 0.2) is 0 Å². The fourth-order valence-electron chi connectivity index (χ4n) is 4.07. The average molecular weight is 256 g/mol. The third-order valence-corrected chi connectivity index (χ3v) is 5.14. The van der Waals surface area contributed by atoms with Crippen LogP contribution in [-0.4, -0.2) is 33.6 Å². The lowest BCUT2D eigenvalue weighted by Crippen LogP contribution is -2.38. The van der Waals surface area contributed by atoms with E-state index >= 15 is 0 Å². The molecule has 5 unspecified atom stereocenters. The number of rotatable bonds is 2. The zero-order valence-corrected chi connectivity index (χ0v) is 11.6. The molecule has 2 aliphatic rings. The molecule has 0 spiro atoms. The predicted molar refractivity (Wildman–Crippen MR) is 71.0 cm³/mol. The summed E-state index contributed by atoms with van der Waals surface area (Å²) >= 11 is 0. The maximum absolute atomic E-state index is 10.0. The highest BCUT2D eigenvalue weighted by Crippen LogP contribution is 2.39. The van der Waals surface area contributed by atoms with Gasteiger partial charge in [-0.1, -0.05) is 13.8 Å². The Labute approximate surface area is 110 Å². The molecule has 0 saturated heterocycles. The van der Waals surface area contributed by atoms with Gasteiger partial charge in [-0.25, -0.2) is 0 Å². The summed E-state index contributed by atoms with van der Waals surface area (Å²) < 4.78 is 0. The normalized spacial score (nSPS) is 50.2. The van der Waals surface area contributed by atoms with E-state index in [0.29, 0.717) is 30.1 Å². The summed E-state index contributed by atoms with van der Waals surface area (Å²) in [5.74, 6) is 1.75. The maximum atomic E-state index is 10.0. The monoisotopic (exact) mass is 256 g/mol. The Bertz CT molecular complexity index is 256. The van der Waals surface area contributed by atoms with Gasteiger partial charge in [0.05, 0.1) is 18.3 Å². The van der Waals surface area contributed by atoms with E-state index in [1.165, 1.54) is 0 Å². The summed E-state index contributed by atoms with van der Waals surface area (Å²) in [7, 11) is 0. The van der Waals surface area contributed by atoms with E-state index in [1.807, 2.05) is 0 Å². The van der Waals surface area contributed by atoms with Crippen molar-refractivity contribution in [3.63, 3.8) is 0 Å². The molecule has 3 N–H and O–H groups in total. The summed E-state index contributed by atoms with van der Waals surface area (Å²) in [6.07, 6.45) is 4.77. The molecule has 2 aliphatic carbocycles. The highest BCUT2D eigenvalue weighted by atomic mass is 16.3. The third-order valence-electron chi connectivity index (χ3n) is 5.14. The van der Waals surface area contributed by atoms with Crippen LogP contribution in [0.5, 0.6) is 0 Å². The Balaban J connectivity index is 1.86. The van der Waals surface area contributed by atoms with Crippen LogP contribution in [0.25, 0.3) is 0 Å². The minimum Gasteiger partial charge on any atom is -0.393 e. The van der Waals surface area contributed by atoms with Gasteiger partial charge in [-0.3, -0.25) is 0 Å². The van der Waals surface area contributed by atoms with Gasteiger partial charge in [-0.2, -0.15) is 0 Å². The van der Waals surface area contributed by atoms with Crippen LogP contribution in [0.3, 0.4) is 0 Å². The standard InChI is InChI=1S/C15H28O3/c1-9-5-11(6-10(2)15(9)18)7-12-3-4-13(16)8-14(12)17/h9-18H,3-8H2,1-2H3. The second-order valence-corrected chi connectivity index (χ2v) is 6.81. The van der Waals surface area contributed by atoms with Crippen LogP contribution in [0.1, 0.15) is 52.4 Å². The van der Waals surface area contributed by atoms with Crippen molar-refractivity contribution in [2.24, 2.45) is 23.7 Å². The molecule has 18 heavy (non-hydrogen) atoms. The van der Waals surface area contributed by atoms with E-state index in [2.05, 4.69) is 13.8 Å². The molecule has 0 radical (unpaired) electrons. The van der Waals surface area contributed by atoms with Gasteiger partial charge in [0.25, 0.3) is 0 Å². The molecule has 5 atom stereocenters. The van der Waals surface area contributed by atoms with Crippen LogP contribution in [0.4, 0.5) is 0 Å². The molecule has 0 aromatic rings. The topological polar surface area (TPSA) is 60.7 Å². The first kappa shape index (κ1) is 14.3. The molecule has 2 saturated carbocycles. The molecule has 0 aromatic carbocycles. The zero-order chi connectivity index (χ0) is 13.3. The minimum absolute atomic E-state index is 0.153. The molecular weight excluding hydrogens is 228 g/mol. The molecule has 2 rings (SSSR count). The lowest BCUT2D eigenvalue weighted by molar-refractivity contribution is -0.0266. The van der Waals surface area contributed by atoms with Crippen LogP contribution in [0.15, 0.2) is 0 Å². The Morgan fingerprint density at radius 2 is 1.50 bits per heavy atom. The molecular formula is C15H28O3. The van der Waals surface area contributed by atoms with Crippen molar-refractivity contribution < 1.29 is 15.3 Å². The van der Waals surface area contributed by atoms with Crippen molar-refractivity contribution in [1.29, 1.82) is 0 Å². The van der Waals surface area contributed by atoms with E-state index in [0.717, 1.165) is 32.1 Å². The Hall–Kier alpha value is -0.120. The molecule has 0 aromatic heterocycles. The SMILES string of the molecule is CC1CC(CC2CCC(O)CC2O)CC(C)C1O. The van der Waals surface area contributed by atoms with Crippen LogP contribution < -0.4 is 0 Å². The maximum Gasteiger partial charge on any atom is 0.0593 e. The zero-order valence-electron chi connectivity index (χ0n) is 11.6. The van der Waals surface area contributed by atoms with Gasteiger partial charge in [0, 0.05) is 0 Å². The van der Waals surface area contributed by atoms with Crippen molar-refractivity contribution in [3.8, 4) is 0 Å². The fraction of sp³-hybridized carbons (Fsp3) is 1.00. The van der Waals surface area contributed by atoms with Gasteiger partial charge in [0.1, 0.15) is 0 Å². The largest absolute Gasteiger partial charge is 0.393 e.